The molecule has 0 bridgehead atoms. The summed E-state index contributed by atoms with van der Waals surface area (Å²) in [6, 6.07) is 6.68. The quantitative estimate of drug-likeness (QED) is 0.319. The van der Waals surface area contributed by atoms with Gasteiger partial charge in [-0.3, -0.25) is 19.2 Å². The molecule has 1 aromatic carbocycles. The molecule has 0 saturated heterocycles. The molecule has 1 aromatic heterocycles. The van der Waals surface area contributed by atoms with Crippen LogP contribution >= 0.6 is 0 Å². The largest absolute Gasteiger partial charge is 0.467 e. The topological polar surface area (TPSA) is 152 Å². The Morgan fingerprint density at radius 1 is 1.02 bits per heavy atom. The van der Waals surface area contributed by atoms with Crippen LogP contribution < -0.4 is 5.32 Å². The summed E-state index contributed by atoms with van der Waals surface area (Å²) in [6.07, 6.45) is 9.31. The minimum atomic E-state index is -1.59. The van der Waals surface area contributed by atoms with Crippen LogP contribution in [-0.4, -0.2) is 64.9 Å². The van der Waals surface area contributed by atoms with E-state index in [9.17, 15) is 29.1 Å². The van der Waals surface area contributed by atoms with E-state index in [2.05, 4.69) is 17.2 Å². The number of carbonyl (C=O) groups is 5. The molecule has 1 heterocycles. The van der Waals surface area contributed by atoms with Crippen LogP contribution in [-0.2, 0) is 39.9 Å². The van der Waals surface area contributed by atoms with Gasteiger partial charge in [-0.15, -0.1) is 0 Å². The Morgan fingerprint density at radius 2 is 1.79 bits per heavy atom. The molecule has 3 fully saturated rings. The maximum atomic E-state index is 13.5. The molecule has 2 aromatic rings. The van der Waals surface area contributed by atoms with Crippen molar-refractivity contribution in [1.82, 2.24) is 10.3 Å². The Balaban J connectivity index is 1.02. The Hall–Kier alpha value is -3.79. The van der Waals surface area contributed by atoms with Gasteiger partial charge in [0, 0.05) is 41.8 Å². The van der Waals surface area contributed by atoms with Gasteiger partial charge in [-0.1, -0.05) is 37.6 Å². The van der Waals surface area contributed by atoms with Gasteiger partial charge in [0.1, 0.15) is 11.6 Å². The first-order valence-corrected chi connectivity index (χ1v) is 17.0. The van der Waals surface area contributed by atoms with E-state index in [0.29, 0.717) is 31.1 Å². The van der Waals surface area contributed by atoms with Crippen LogP contribution in [0.3, 0.4) is 0 Å². The fraction of sp³-hybridized carbons (Fsp3) is 0.595. The molecule has 252 valence electrons. The first kappa shape index (κ1) is 33.1. The highest BCUT2D eigenvalue weighted by Gasteiger charge is 2.66. The zero-order chi connectivity index (χ0) is 33.6. The van der Waals surface area contributed by atoms with E-state index in [1.807, 2.05) is 37.3 Å². The van der Waals surface area contributed by atoms with E-state index in [1.165, 1.54) is 12.7 Å². The molecule has 6 rings (SSSR count). The summed E-state index contributed by atoms with van der Waals surface area (Å²) in [4.78, 5) is 66.7. The number of nitrogens with one attached hydrogen (secondary N) is 2. The summed E-state index contributed by atoms with van der Waals surface area (Å²) in [5.41, 5.74) is 0.819. The van der Waals surface area contributed by atoms with Gasteiger partial charge >= 0.3 is 11.9 Å². The predicted octanol–water partition coefficient (Wildman–Crippen LogP) is 4.52. The van der Waals surface area contributed by atoms with Gasteiger partial charge in [0.05, 0.1) is 13.5 Å². The second kappa shape index (κ2) is 12.7. The van der Waals surface area contributed by atoms with Gasteiger partial charge in [-0.25, -0.2) is 4.79 Å². The Morgan fingerprint density at radius 3 is 2.57 bits per heavy atom. The van der Waals surface area contributed by atoms with E-state index in [-0.39, 0.29) is 36.4 Å². The average molecular weight is 647 g/mol. The summed E-state index contributed by atoms with van der Waals surface area (Å²) >= 11 is 0. The average Bonchev–Trinajstić information content (AvgIpc) is 3.60. The molecule has 4 aliphatic rings. The lowest BCUT2D eigenvalue weighted by Gasteiger charge is -2.58. The third-order valence-electron chi connectivity index (χ3n) is 12.4. The number of methoxy groups -OCH3 is 1. The second-order valence-electron chi connectivity index (χ2n) is 14.6. The molecule has 0 spiro atoms. The first-order chi connectivity index (χ1) is 22.4. The number of benzene rings is 1. The van der Waals surface area contributed by atoms with E-state index >= 15 is 0 Å². The summed E-state index contributed by atoms with van der Waals surface area (Å²) < 4.78 is 10.2. The molecule has 3 saturated carbocycles. The van der Waals surface area contributed by atoms with Gasteiger partial charge in [0.15, 0.2) is 12.4 Å². The van der Waals surface area contributed by atoms with Crippen LogP contribution in [0.2, 0.25) is 0 Å². The Labute approximate surface area is 275 Å². The van der Waals surface area contributed by atoms with Gasteiger partial charge < -0.3 is 24.9 Å². The fourth-order valence-corrected chi connectivity index (χ4v) is 9.71. The van der Waals surface area contributed by atoms with Crippen LogP contribution in [0.4, 0.5) is 0 Å². The highest BCUT2D eigenvalue weighted by atomic mass is 16.5. The number of Topliss-reactive ketones (excluding diaryl/α,β-unsaturated/α-hetero) is 1. The zero-order valence-electron chi connectivity index (χ0n) is 27.6. The molecule has 1 amide bonds. The maximum Gasteiger partial charge on any atom is 0.328 e. The number of aliphatic hydroxyl groups is 1. The maximum absolute atomic E-state index is 13.5. The second-order valence-corrected chi connectivity index (χ2v) is 14.6. The SMILES string of the molecule is COC(=O)C(Cc1c[nH]c2ccccc12)NC(=O)CCC(=O)OCC(=O)[C@@]1(O)CCC2C3CCC4=CC(=O)CC[C@]4(C)C3CC[C@@]21C. The summed E-state index contributed by atoms with van der Waals surface area (Å²) in [7, 11) is 1.25. The van der Waals surface area contributed by atoms with Crippen molar-refractivity contribution in [2.75, 3.05) is 13.7 Å². The lowest BCUT2D eigenvalue weighted by molar-refractivity contribution is -0.170. The van der Waals surface area contributed by atoms with Gasteiger partial charge in [-0.2, -0.15) is 0 Å². The number of ketones is 2. The van der Waals surface area contributed by atoms with E-state index in [4.69, 9.17) is 9.47 Å². The number of para-hydroxylation sites is 1. The Bertz CT molecular complexity index is 1630. The van der Waals surface area contributed by atoms with E-state index < -0.39 is 47.3 Å². The van der Waals surface area contributed by atoms with Crippen molar-refractivity contribution >= 4 is 40.3 Å². The number of rotatable bonds is 10. The van der Waals surface area contributed by atoms with Gasteiger partial charge in [-0.05, 0) is 85.8 Å². The van der Waals surface area contributed by atoms with Crippen LogP contribution in [0.1, 0.15) is 83.6 Å². The number of hydrogen-bond donors (Lipinski definition) is 3. The summed E-state index contributed by atoms with van der Waals surface area (Å²) in [5.74, 6) is -1.14. The van der Waals surface area contributed by atoms with Crippen LogP contribution in [0, 0.1) is 28.6 Å². The molecule has 4 aliphatic carbocycles. The summed E-state index contributed by atoms with van der Waals surface area (Å²) in [5, 5.41) is 15.5. The number of hydrogen-bond acceptors (Lipinski definition) is 8. The highest BCUT2D eigenvalue weighted by molar-refractivity contribution is 5.93. The van der Waals surface area contributed by atoms with Crippen LogP contribution in [0.25, 0.3) is 10.9 Å². The number of esters is 2. The normalized spacial score (nSPS) is 32.0. The molecule has 47 heavy (non-hydrogen) atoms. The Kier molecular flexibility index (Phi) is 8.93. The van der Waals surface area contributed by atoms with Crippen molar-refractivity contribution in [3.05, 3.63) is 47.7 Å². The molecule has 7 atom stereocenters. The number of ether oxygens (including phenoxy) is 2. The van der Waals surface area contributed by atoms with Crippen molar-refractivity contribution in [3.63, 3.8) is 0 Å². The highest BCUT2D eigenvalue weighted by Crippen LogP contribution is 2.67. The number of H-pyrrole nitrogens is 1. The minimum Gasteiger partial charge on any atom is -0.467 e. The van der Waals surface area contributed by atoms with Crippen molar-refractivity contribution < 1.29 is 38.6 Å². The number of allylic oxidation sites excluding steroid dienone is 1. The summed E-state index contributed by atoms with van der Waals surface area (Å²) in [6.45, 7) is 3.78. The molecule has 0 aliphatic heterocycles. The zero-order valence-corrected chi connectivity index (χ0v) is 27.6. The third kappa shape index (κ3) is 5.83. The van der Waals surface area contributed by atoms with Crippen LogP contribution in [0.5, 0.6) is 0 Å². The lowest BCUT2D eigenvalue weighted by Crippen LogP contribution is -2.58. The molecule has 4 unspecified atom stereocenters. The minimum absolute atomic E-state index is 0.00200. The smallest absolute Gasteiger partial charge is 0.328 e. The van der Waals surface area contributed by atoms with E-state index in [0.717, 1.165) is 48.6 Å². The first-order valence-electron chi connectivity index (χ1n) is 17.0. The molecule has 3 N–H and O–H groups in total. The molecule has 0 radical (unpaired) electrons. The fourth-order valence-electron chi connectivity index (χ4n) is 9.71. The van der Waals surface area contributed by atoms with Crippen molar-refractivity contribution in [3.8, 4) is 0 Å². The number of aromatic nitrogens is 1. The van der Waals surface area contributed by atoms with Crippen molar-refractivity contribution in [1.29, 1.82) is 0 Å². The standard InChI is InChI=1S/C37H46N2O8/c1-35-15-12-24(40)19-23(35)8-9-26-27(35)13-16-36(2)28(26)14-17-37(36,45)31(41)21-47-33(43)11-10-32(42)39-30(34(44)46-3)18-22-20-38-29-7-5-4-6-25(22)29/h4-7,19-20,26-28,30,38,45H,8-18,21H2,1-3H3,(H,39,42)/t26?,27?,28?,30?,35-,36-,37-/m0/s1. The molecule has 10 heteroatoms. The third-order valence-corrected chi connectivity index (χ3v) is 12.4. The molecule has 10 nitrogen and oxygen atoms in total. The van der Waals surface area contributed by atoms with Gasteiger partial charge in [0.2, 0.25) is 11.7 Å². The predicted molar refractivity (Wildman–Crippen MR) is 173 cm³/mol. The van der Waals surface area contributed by atoms with E-state index in [1.54, 1.807) is 6.20 Å². The number of carbonyl (C=O) groups excluding carboxylic acids is 5. The van der Waals surface area contributed by atoms with Gasteiger partial charge in [0.25, 0.3) is 0 Å². The number of amides is 1. The van der Waals surface area contributed by atoms with Crippen molar-refractivity contribution in [2.24, 2.45) is 28.6 Å². The molecular formula is C37H46N2O8. The van der Waals surface area contributed by atoms with Crippen LogP contribution in [0.15, 0.2) is 42.1 Å². The number of aromatic amines is 1. The van der Waals surface area contributed by atoms with Crippen molar-refractivity contribution in [2.45, 2.75) is 96.1 Å². The monoisotopic (exact) mass is 646 g/mol. The lowest BCUT2D eigenvalue weighted by atomic mass is 9.46. The number of fused-ring (bicyclic) bond motifs is 6. The molecular weight excluding hydrogens is 600 g/mol.